The molecule has 0 spiro atoms. The van der Waals surface area contributed by atoms with Crippen LogP contribution in [0.1, 0.15) is 53.4 Å². The van der Waals surface area contributed by atoms with Crippen molar-refractivity contribution in [2.75, 3.05) is 18.6 Å². The lowest BCUT2D eigenvalue weighted by Crippen LogP contribution is -2.48. The van der Waals surface area contributed by atoms with E-state index in [9.17, 15) is 13.2 Å². The van der Waals surface area contributed by atoms with E-state index in [4.69, 9.17) is 0 Å². The fourth-order valence-electron chi connectivity index (χ4n) is 2.96. The molecule has 0 aromatic carbocycles. The third kappa shape index (κ3) is 5.81. The summed E-state index contributed by atoms with van der Waals surface area (Å²) in [4.78, 5) is 14.2. The van der Waals surface area contributed by atoms with Gasteiger partial charge in [0.2, 0.25) is 5.91 Å². The van der Waals surface area contributed by atoms with Crippen LogP contribution in [-0.4, -0.2) is 43.3 Å². The lowest BCUT2D eigenvalue weighted by atomic mass is 9.99. The number of sulfone groups is 1. The zero-order valence-electron chi connectivity index (χ0n) is 13.5. The first-order valence-corrected chi connectivity index (χ1v) is 9.53. The fourth-order valence-corrected chi connectivity index (χ4v) is 3.47. The molecule has 2 atom stereocenters. The van der Waals surface area contributed by atoms with Crippen molar-refractivity contribution >= 4 is 15.7 Å². The molecule has 5 heteroatoms. The van der Waals surface area contributed by atoms with Crippen LogP contribution < -0.4 is 0 Å². The van der Waals surface area contributed by atoms with Crippen molar-refractivity contribution in [3.05, 3.63) is 0 Å². The molecule has 0 saturated heterocycles. The van der Waals surface area contributed by atoms with Crippen LogP contribution in [0.2, 0.25) is 0 Å². The standard InChI is InChI=1S/C15H29NO3S/c1-12-6-7-13(10-12)11-14(17)16(15(2,3)4)8-9-20(5,18)19/h12-13H,6-11H2,1-5H3/t12-,13+/m0/s1. The Bertz CT molecular complexity index is 437. The molecule has 118 valence electrons. The van der Waals surface area contributed by atoms with Gasteiger partial charge in [0.1, 0.15) is 9.84 Å². The zero-order chi connectivity index (χ0) is 15.6. The molecule has 0 bridgehead atoms. The molecule has 4 nitrogen and oxygen atoms in total. The minimum absolute atomic E-state index is 0.0388. The Hall–Kier alpha value is -0.580. The van der Waals surface area contributed by atoms with Crippen LogP contribution in [0, 0.1) is 11.8 Å². The molecule has 0 heterocycles. The molecule has 0 unspecified atom stereocenters. The molecule has 1 rings (SSSR count). The largest absolute Gasteiger partial charge is 0.337 e. The van der Waals surface area contributed by atoms with Gasteiger partial charge in [-0.05, 0) is 45.4 Å². The summed E-state index contributed by atoms with van der Waals surface area (Å²) in [6.45, 7) is 8.42. The molecule has 0 N–H and O–H groups in total. The van der Waals surface area contributed by atoms with E-state index in [1.54, 1.807) is 4.90 Å². The number of carbonyl (C=O) groups is 1. The van der Waals surface area contributed by atoms with E-state index in [0.717, 1.165) is 12.8 Å². The van der Waals surface area contributed by atoms with Crippen LogP contribution in [0.4, 0.5) is 0 Å². The van der Waals surface area contributed by atoms with Gasteiger partial charge in [0.15, 0.2) is 0 Å². The molecular formula is C15H29NO3S. The second kappa shape index (κ2) is 6.46. The summed E-state index contributed by atoms with van der Waals surface area (Å²) in [6.07, 6.45) is 5.23. The number of amides is 1. The number of carbonyl (C=O) groups excluding carboxylic acids is 1. The monoisotopic (exact) mass is 303 g/mol. The van der Waals surface area contributed by atoms with Gasteiger partial charge in [0.05, 0.1) is 5.75 Å². The second-order valence-electron chi connectivity index (χ2n) is 7.33. The van der Waals surface area contributed by atoms with Gasteiger partial charge in [-0.1, -0.05) is 13.3 Å². The number of hydrogen-bond donors (Lipinski definition) is 0. The van der Waals surface area contributed by atoms with Gasteiger partial charge in [-0.15, -0.1) is 0 Å². The molecule has 1 fully saturated rings. The van der Waals surface area contributed by atoms with Gasteiger partial charge in [-0.3, -0.25) is 4.79 Å². The predicted molar refractivity (Wildman–Crippen MR) is 82.3 cm³/mol. The lowest BCUT2D eigenvalue weighted by molar-refractivity contribution is -0.136. The van der Waals surface area contributed by atoms with Crippen molar-refractivity contribution in [3.63, 3.8) is 0 Å². The molecule has 0 aromatic heterocycles. The first kappa shape index (κ1) is 17.5. The molecular weight excluding hydrogens is 274 g/mol. The van der Waals surface area contributed by atoms with E-state index in [2.05, 4.69) is 6.92 Å². The van der Waals surface area contributed by atoms with E-state index in [0.29, 0.717) is 24.8 Å². The van der Waals surface area contributed by atoms with Crippen molar-refractivity contribution < 1.29 is 13.2 Å². The summed E-state index contributed by atoms with van der Waals surface area (Å²) in [5.74, 6) is 1.32. The Labute approximate surface area is 123 Å². The minimum Gasteiger partial charge on any atom is -0.337 e. The topological polar surface area (TPSA) is 54.5 Å². The third-order valence-corrected chi connectivity index (χ3v) is 4.99. The Morgan fingerprint density at radius 2 is 1.85 bits per heavy atom. The maximum Gasteiger partial charge on any atom is 0.223 e. The summed E-state index contributed by atoms with van der Waals surface area (Å²) in [5, 5.41) is 0. The third-order valence-electron chi connectivity index (χ3n) is 4.06. The maximum absolute atomic E-state index is 12.5. The minimum atomic E-state index is -3.04. The summed E-state index contributed by atoms with van der Waals surface area (Å²) in [6, 6.07) is 0. The van der Waals surface area contributed by atoms with Crippen LogP contribution in [0.3, 0.4) is 0 Å². The number of hydrogen-bond acceptors (Lipinski definition) is 3. The van der Waals surface area contributed by atoms with Crippen molar-refractivity contribution in [1.82, 2.24) is 4.90 Å². The first-order valence-electron chi connectivity index (χ1n) is 7.47. The molecule has 20 heavy (non-hydrogen) atoms. The Morgan fingerprint density at radius 3 is 2.25 bits per heavy atom. The highest BCUT2D eigenvalue weighted by atomic mass is 32.2. The summed E-state index contributed by atoms with van der Waals surface area (Å²) < 4.78 is 22.7. The average molecular weight is 303 g/mol. The molecule has 0 aliphatic heterocycles. The van der Waals surface area contributed by atoms with Gasteiger partial charge in [-0.2, -0.15) is 0 Å². The molecule has 1 saturated carbocycles. The van der Waals surface area contributed by atoms with E-state index in [1.807, 2.05) is 20.8 Å². The average Bonchev–Trinajstić information content (AvgIpc) is 2.60. The Balaban J connectivity index is 2.65. The predicted octanol–water partition coefficient (Wildman–Crippen LogP) is 2.48. The highest BCUT2D eigenvalue weighted by molar-refractivity contribution is 7.90. The highest BCUT2D eigenvalue weighted by Gasteiger charge is 2.30. The summed E-state index contributed by atoms with van der Waals surface area (Å²) in [7, 11) is -3.04. The zero-order valence-corrected chi connectivity index (χ0v) is 14.3. The van der Waals surface area contributed by atoms with Crippen LogP contribution in [0.15, 0.2) is 0 Å². The van der Waals surface area contributed by atoms with Crippen LogP contribution in [-0.2, 0) is 14.6 Å². The van der Waals surface area contributed by atoms with Crippen molar-refractivity contribution in [3.8, 4) is 0 Å². The van der Waals surface area contributed by atoms with Gasteiger partial charge in [0.25, 0.3) is 0 Å². The Kier molecular flexibility index (Phi) is 5.64. The van der Waals surface area contributed by atoms with Crippen LogP contribution in [0.25, 0.3) is 0 Å². The van der Waals surface area contributed by atoms with Gasteiger partial charge >= 0.3 is 0 Å². The second-order valence-corrected chi connectivity index (χ2v) is 9.59. The van der Waals surface area contributed by atoms with Crippen LogP contribution >= 0.6 is 0 Å². The molecule has 0 aromatic rings. The van der Waals surface area contributed by atoms with Crippen molar-refractivity contribution in [1.29, 1.82) is 0 Å². The SMILES string of the molecule is C[C@H]1CC[C@@H](CC(=O)N(CCS(C)(=O)=O)C(C)(C)C)C1. The summed E-state index contributed by atoms with van der Waals surface area (Å²) >= 11 is 0. The van der Waals surface area contributed by atoms with E-state index in [-0.39, 0.29) is 17.2 Å². The lowest BCUT2D eigenvalue weighted by Gasteiger charge is -2.36. The van der Waals surface area contributed by atoms with E-state index >= 15 is 0 Å². The van der Waals surface area contributed by atoms with Gasteiger partial charge < -0.3 is 4.90 Å². The first-order chi connectivity index (χ1) is 8.99. The molecule has 0 radical (unpaired) electrons. The maximum atomic E-state index is 12.5. The van der Waals surface area contributed by atoms with E-state index in [1.165, 1.54) is 12.7 Å². The normalized spacial score (nSPS) is 23.9. The quantitative estimate of drug-likeness (QED) is 0.784. The van der Waals surface area contributed by atoms with Crippen molar-refractivity contribution in [2.45, 2.75) is 58.9 Å². The Morgan fingerprint density at radius 1 is 1.25 bits per heavy atom. The van der Waals surface area contributed by atoms with Gasteiger partial charge in [0, 0.05) is 24.8 Å². The smallest absolute Gasteiger partial charge is 0.223 e. The van der Waals surface area contributed by atoms with Crippen LogP contribution in [0.5, 0.6) is 0 Å². The number of nitrogens with zero attached hydrogens (tertiary/aromatic N) is 1. The van der Waals surface area contributed by atoms with E-state index < -0.39 is 9.84 Å². The highest BCUT2D eigenvalue weighted by Crippen LogP contribution is 2.33. The fraction of sp³-hybridized carbons (Fsp3) is 0.933. The van der Waals surface area contributed by atoms with Gasteiger partial charge in [-0.25, -0.2) is 8.42 Å². The molecule has 1 amide bonds. The molecule has 1 aliphatic rings. The number of rotatable bonds is 5. The summed E-state index contributed by atoms with van der Waals surface area (Å²) in [5.41, 5.74) is -0.327. The van der Waals surface area contributed by atoms with Crippen molar-refractivity contribution in [2.24, 2.45) is 11.8 Å². The molecule has 1 aliphatic carbocycles.